The van der Waals surface area contributed by atoms with Crippen LogP contribution in [0.25, 0.3) is 10.2 Å². The van der Waals surface area contributed by atoms with Crippen molar-refractivity contribution in [3.05, 3.63) is 71.6 Å². The van der Waals surface area contributed by atoms with E-state index in [4.69, 9.17) is 0 Å². The number of nitrogens with zero attached hydrogens (tertiary/aromatic N) is 4. The van der Waals surface area contributed by atoms with Crippen molar-refractivity contribution >= 4 is 27.4 Å². The zero-order valence-corrected chi connectivity index (χ0v) is 13.2. The molecule has 0 unspecified atom stereocenters. The number of hydrogen-bond acceptors (Lipinski definition) is 5. The van der Waals surface area contributed by atoms with Gasteiger partial charge in [-0.05, 0) is 28.6 Å². The summed E-state index contributed by atoms with van der Waals surface area (Å²) in [4.78, 5) is 9.63. The van der Waals surface area contributed by atoms with E-state index in [1.165, 1.54) is 11.1 Å². The van der Waals surface area contributed by atoms with E-state index in [1.54, 1.807) is 23.9 Å². The molecule has 0 aliphatic rings. The van der Waals surface area contributed by atoms with Gasteiger partial charge in [-0.1, -0.05) is 24.3 Å². The first-order valence-corrected chi connectivity index (χ1v) is 8.24. The molecule has 5 nitrogen and oxygen atoms in total. The predicted molar refractivity (Wildman–Crippen MR) is 92.5 cm³/mol. The van der Waals surface area contributed by atoms with Gasteiger partial charge in [-0.15, -0.1) is 11.3 Å². The van der Waals surface area contributed by atoms with E-state index in [2.05, 4.69) is 50.7 Å². The van der Waals surface area contributed by atoms with Crippen molar-refractivity contribution in [2.24, 2.45) is 0 Å². The maximum atomic E-state index is 4.35. The van der Waals surface area contributed by atoms with Crippen LogP contribution in [0.1, 0.15) is 11.1 Å². The fraction of sp³-hybridized carbons (Fsp3) is 0.118. The van der Waals surface area contributed by atoms with Crippen molar-refractivity contribution < 1.29 is 0 Å². The molecule has 0 atom stereocenters. The van der Waals surface area contributed by atoms with E-state index in [0.29, 0.717) is 0 Å². The molecule has 0 radical (unpaired) electrons. The Hall–Kier alpha value is -2.73. The number of nitrogens with one attached hydrogen (secondary N) is 1. The summed E-state index contributed by atoms with van der Waals surface area (Å²) >= 11 is 1.63. The lowest BCUT2D eigenvalue weighted by molar-refractivity contribution is 0.686. The number of rotatable bonds is 5. The number of anilines is 1. The SMILES string of the molecule is c1cc(CNc2ncnc3sccc23)cc(Cn2cccn2)c1. The lowest BCUT2D eigenvalue weighted by Crippen LogP contribution is -2.04. The Kier molecular flexibility index (Phi) is 3.73. The number of fused-ring (bicyclic) bond motifs is 1. The third-order valence-corrected chi connectivity index (χ3v) is 4.44. The Morgan fingerprint density at radius 1 is 1.09 bits per heavy atom. The molecule has 1 aromatic carbocycles. The molecule has 114 valence electrons. The number of hydrogen-bond donors (Lipinski definition) is 1. The van der Waals surface area contributed by atoms with Crippen molar-refractivity contribution in [3.63, 3.8) is 0 Å². The fourth-order valence-electron chi connectivity index (χ4n) is 2.54. The molecule has 0 bridgehead atoms. The molecule has 0 saturated carbocycles. The summed E-state index contributed by atoms with van der Waals surface area (Å²) in [5, 5.41) is 10.8. The van der Waals surface area contributed by atoms with Crippen LogP contribution >= 0.6 is 11.3 Å². The van der Waals surface area contributed by atoms with E-state index >= 15 is 0 Å². The van der Waals surface area contributed by atoms with Gasteiger partial charge in [-0.25, -0.2) is 9.97 Å². The zero-order chi connectivity index (χ0) is 15.5. The highest BCUT2D eigenvalue weighted by molar-refractivity contribution is 7.16. The van der Waals surface area contributed by atoms with Crippen LogP contribution in [-0.4, -0.2) is 19.7 Å². The molecule has 4 aromatic rings. The topological polar surface area (TPSA) is 55.6 Å². The predicted octanol–water partition coefficient (Wildman–Crippen LogP) is 3.55. The minimum atomic E-state index is 0.731. The summed E-state index contributed by atoms with van der Waals surface area (Å²) in [5.41, 5.74) is 2.45. The third kappa shape index (κ3) is 3.07. The van der Waals surface area contributed by atoms with Gasteiger partial charge in [-0.3, -0.25) is 4.68 Å². The van der Waals surface area contributed by atoms with Gasteiger partial charge in [0.2, 0.25) is 0 Å². The minimum Gasteiger partial charge on any atom is -0.365 e. The van der Waals surface area contributed by atoms with Crippen LogP contribution in [0.15, 0.2) is 60.5 Å². The van der Waals surface area contributed by atoms with E-state index < -0.39 is 0 Å². The van der Waals surface area contributed by atoms with Crippen LogP contribution in [0.5, 0.6) is 0 Å². The van der Waals surface area contributed by atoms with Crippen LogP contribution in [0.4, 0.5) is 5.82 Å². The quantitative estimate of drug-likeness (QED) is 0.611. The highest BCUT2D eigenvalue weighted by Crippen LogP contribution is 2.24. The van der Waals surface area contributed by atoms with Gasteiger partial charge >= 0.3 is 0 Å². The second kappa shape index (κ2) is 6.18. The average Bonchev–Trinajstić information content (AvgIpc) is 3.24. The van der Waals surface area contributed by atoms with E-state index in [1.807, 2.05) is 22.3 Å². The van der Waals surface area contributed by atoms with Crippen LogP contribution in [0.2, 0.25) is 0 Å². The van der Waals surface area contributed by atoms with Gasteiger partial charge in [0.25, 0.3) is 0 Å². The smallest absolute Gasteiger partial charge is 0.138 e. The molecule has 1 N–H and O–H groups in total. The first-order valence-electron chi connectivity index (χ1n) is 7.36. The largest absolute Gasteiger partial charge is 0.365 e. The van der Waals surface area contributed by atoms with E-state index in [0.717, 1.165) is 29.1 Å². The minimum absolute atomic E-state index is 0.731. The second-order valence-electron chi connectivity index (χ2n) is 5.24. The summed E-state index contributed by atoms with van der Waals surface area (Å²) < 4.78 is 1.92. The molecule has 0 saturated heterocycles. The van der Waals surface area contributed by atoms with Gasteiger partial charge < -0.3 is 5.32 Å². The lowest BCUT2D eigenvalue weighted by atomic mass is 10.1. The van der Waals surface area contributed by atoms with Gasteiger partial charge in [0, 0.05) is 18.9 Å². The van der Waals surface area contributed by atoms with Crippen molar-refractivity contribution in [1.82, 2.24) is 19.7 Å². The molecular formula is C17H15N5S. The maximum Gasteiger partial charge on any atom is 0.138 e. The monoisotopic (exact) mass is 321 g/mol. The Labute approximate surface area is 137 Å². The van der Waals surface area contributed by atoms with Crippen LogP contribution in [0, 0.1) is 0 Å². The van der Waals surface area contributed by atoms with Crippen molar-refractivity contribution in [1.29, 1.82) is 0 Å². The molecule has 6 heteroatoms. The van der Waals surface area contributed by atoms with Gasteiger partial charge in [-0.2, -0.15) is 5.10 Å². The normalized spacial score (nSPS) is 11.0. The molecule has 0 aliphatic heterocycles. The Morgan fingerprint density at radius 3 is 2.96 bits per heavy atom. The van der Waals surface area contributed by atoms with Crippen LogP contribution < -0.4 is 5.32 Å². The molecular weight excluding hydrogens is 306 g/mol. The fourth-order valence-corrected chi connectivity index (χ4v) is 3.27. The Bertz CT molecular complexity index is 914. The number of benzene rings is 1. The highest BCUT2D eigenvalue weighted by atomic mass is 32.1. The first-order chi connectivity index (χ1) is 11.4. The summed E-state index contributed by atoms with van der Waals surface area (Å²) in [6.07, 6.45) is 5.38. The van der Waals surface area contributed by atoms with Gasteiger partial charge in [0.05, 0.1) is 11.9 Å². The molecule has 0 spiro atoms. The van der Waals surface area contributed by atoms with E-state index in [-0.39, 0.29) is 0 Å². The van der Waals surface area contributed by atoms with Crippen LogP contribution in [-0.2, 0) is 13.1 Å². The summed E-state index contributed by atoms with van der Waals surface area (Å²) in [5.74, 6) is 0.883. The van der Waals surface area contributed by atoms with Crippen molar-refractivity contribution in [3.8, 4) is 0 Å². The third-order valence-electron chi connectivity index (χ3n) is 3.62. The standard InChI is InChI=1S/C17H15N5S/c1-3-13(9-14(4-1)11-22-7-2-6-21-22)10-18-16-15-5-8-23-17(15)20-12-19-16/h1-9,12H,10-11H2,(H,18,19,20). The molecule has 0 amide bonds. The lowest BCUT2D eigenvalue weighted by Gasteiger charge is -2.08. The zero-order valence-electron chi connectivity index (χ0n) is 12.4. The Morgan fingerprint density at radius 2 is 2.04 bits per heavy atom. The molecule has 3 aromatic heterocycles. The summed E-state index contributed by atoms with van der Waals surface area (Å²) in [6.45, 7) is 1.51. The highest BCUT2D eigenvalue weighted by Gasteiger charge is 2.04. The first kappa shape index (κ1) is 13.9. The molecule has 0 fully saturated rings. The second-order valence-corrected chi connectivity index (χ2v) is 6.13. The van der Waals surface area contributed by atoms with Gasteiger partial charge in [0.15, 0.2) is 0 Å². The van der Waals surface area contributed by atoms with E-state index in [9.17, 15) is 0 Å². The number of thiophene rings is 1. The molecule has 0 aliphatic carbocycles. The molecule has 4 rings (SSSR count). The molecule has 23 heavy (non-hydrogen) atoms. The van der Waals surface area contributed by atoms with Gasteiger partial charge in [0.1, 0.15) is 17.0 Å². The average molecular weight is 321 g/mol. The van der Waals surface area contributed by atoms with Crippen molar-refractivity contribution in [2.45, 2.75) is 13.1 Å². The summed E-state index contributed by atoms with van der Waals surface area (Å²) in [7, 11) is 0. The van der Waals surface area contributed by atoms with Crippen molar-refractivity contribution in [2.75, 3.05) is 5.32 Å². The Balaban J connectivity index is 1.49. The maximum absolute atomic E-state index is 4.35. The molecule has 3 heterocycles. The number of aromatic nitrogens is 4. The van der Waals surface area contributed by atoms with Crippen LogP contribution in [0.3, 0.4) is 0 Å². The summed E-state index contributed by atoms with van der Waals surface area (Å²) in [6, 6.07) is 12.5.